The summed E-state index contributed by atoms with van der Waals surface area (Å²) in [4.78, 5) is 8.67. The normalized spacial score (nSPS) is 14.8. The van der Waals surface area contributed by atoms with Crippen molar-refractivity contribution in [2.45, 2.75) is 38.2 Å². The fourth-order valence-corrected chi connectivity index (χ4v) is 3.02. The number of nitrogen functional groups attached to an aromatic ring is 1. The molecule has 136 valence electrons. The number of nitrogens with zero attached hydrogens (tertiary/aromatic N) is 4. The summed E-state index contributed by atoms with van der Waals surface area (Å²) in [6.45, 7) is 3.26. The lowest BCUT2D eigenvalue weighted by Crippen LogP contribution is -2.18. The van der Waals surface area contributed by atoms with Gasteiger partial charge in [0.25, 0.3) is 0 Å². The molecular formula is C18H20FN5O2. The van der Waals surface area contributed by atoms with Crippen LogP contribution in [-0.2, 0) is 5.60 Å². The second-order valence-corrected chi connectivity index (χ2v) is 7.07. The highest BCUT2D eigenvalue weighted by molar-refractivity contribution is 5.67. The zero-order valence-corrected chi connectivity index (χ0v) is 14.8. The molecule has 0 amide bonds. The SMILES string of the molecule is COc1cc2nc(C(C)(C)O)c(-c3ccc(F)c(N)n3)n2nc1C1CC1. The third-order valence-corrected chi connectivity index (χ3v) is 4.48. The van der Waals surface area contributed by atoms with Gasteiger partial charge in [-0.3, -0.25) is 0 Å². The van der Waals surface area contributed by atoms with Crippen LogP contribution in [0, 0.1) is 5.82 Å². The molecule has 7 nitrogen and oxygen atoms in total. The summed E-state index contributed by atoms with van der Waals surface area (Å²) in [6.07, 6.45) is 2.11. The first-order valence-corrected chi connectivity index (χ1v) is 8.42. The van der Waals surface area contributed by atoms with Crippen LogP contribution < -0.4 is 10.5 Å². The van der Waals surface area contributed by atoms with Crippen LogP contribution in [-0.4, -0.2) is 31.8 Å². The first kappa shape index (κ1) is 16.7. The molecule has 3 heterocycles. The molecule has 0 aliphatic heterocycles. The van der Waals surface area contributed by atoms with E-state index < -0.39 is 11.4 Å². The van der Waals surface area contributed by atoms with Gasteiger partial charge in [0.15, 0.2) is 17.3 Å². The highest BCUT2D eigenvalue weighted by Gasteiger charge is 2.32. The first-order chi connectivity index (χ1) is 12.3. The Morgan fingerprint density at radius 2 is 2.04 bits per heavy atom. The monoisotopic (exact) mass is 357 g/mol. The average molecular weight is 357 g/mol. The highest BCUT2D eigenvalue weighted by atomic mass is 19.1. The number of hydrogen-bond acceptors (Lipinski definition) is 6. The third-order valence-electron chi connectivity index (χ3n) is 4.48. The van der Waals surface area contributed by atoms with Crippen molar-refractivity contribution in [3.8, 4) is 17.1 Å². The number of rotatable bonds is 4. The number of halogens is 1. The van der Waals surface area contributed by atoms with Crippen LogP contribution in [0.5, 0.6) is 5.75 Å². The number of pyridine rings is 1. The molecule has 0 spiro atoms. The van der Waals surface area contributed by atoms with Crippen molar-refractivity contribution >= 4 is 11.5 Å². The highest BCUT2D eigenvalue weighted by Crippen LogP contribution is 2.44. The van der Waals surface area contributed by atoms with E-state index in [0.717, 1.165) is 18.5 Å². The van der Waals surface area contributed by atoms with Crippen molar-refractivity contribution in [2.24, 2.45) is 0 Å². The van der Waals surface area contributed by atoms with E-state index in [9.17, 15) is 9.50 Å². The van der Waals surface area contributed by atoms with Crippen LogP contribution in [0.2, 0.25) is 0 Å². The minimum Gasteiger partial charge on any atom is -0.495 e. The first-order valence-electron chi connectivity index (χ1n) is 8.42. The van der Waals surface area contributed by atoms with Gasteiger partial charge < -0.3 is 15.6 Å². The van der Waals surface area contributed by atoms with E-state index in [1.54, 1.807) is 31.5 Å². The van der Waals surface area contributed by atoms with E-state index >= 15 is 0 Å². The van der Waals surface area contributed by atoms with Crippen LogP contribution in [0.4, 0.5) is 10.2 Å². The Morgan fingerprint density at radius 3 is 2.62 bits per heavy atom. The van der Waals surface area contributed by atoms with Gasteiger partial charge >= 0.3 is 0 Å². The van der Waals surface area contributed by atoms with E-state index in [-0.39, 0.29) is 5.82 Å². The predicted octanol–water partition coefficient (Wildman–Crippen LogP) is 2.63. The van der Waals surface area contributed by atoms with Crippen molar-refractivity contribution in [3.63, 3.8) is 0 Å². The van der Waals surface area contributed by atoms with Gasteiger partial charge in [0.2, 0.25) is 0 Å². The van der Waals surface area contributed by atoms with Gasteiger partial charge in [-0.25, -0.2) is 18.9 Å². The van der Waals surface area contributed by atoms with Crippen molar-refractivity contribution in [1.29, 1.82) is 0 Å². The van der Waals surface area contributed by atoms with Gasteiger partial charge in [-0.15, -0.1) is 0 Å². The number of methoxy groups -OCH3 is 1. The van der Waals surface area contributed by atoms with Crippen molar-refractivity contribution < 1.29 is 14.2 Å². The predicted molar refractivity (Wildman–Crippen MR) is 94.4 cm³/mol. The van der Waals surface area contributed by atoms with Gasteiger partial charge in [-0.05, 0) is 38.8 Å². The average Bonchev–Trinajstić information content (AvgIpc) is 3.35. The second-order valence-electron chi connectivity index (χ2n) is 7.07. The number of fused-ring (bicyclic) bond motifs is 1. The zero-order chi connectivity index (χ0) is 18.6. The Kier molecular flexibility index (Phi) is 3.62. The molecule has 0 unspecified atom stereocenters. The largest absolute Gasteiger partial charge is 0.495 e. The van der Waals surface area contributed by atoms with E-state index in [4.69, 9.17) is 15.6 Å². The molecule has 1 aliphatic rings. The number of imidazole rings is 1. The molecule has 0 atom stereocenters. The topological polar surface area (TPSA) is 98.6 Å². The van der Waals surface area contributed by atoms with Crippen LogP contribution in [0.15, 0.2) is 18.2 Å². The standard InChI is InChI=1S/C18H20FN5O2/c1-18(2,25)16-15(11-7-6-10(19)17(20)21-11)24-13(22-16)8-12(26-3)14(23-24)9-4-5-9/h6-9,25H,4-5H2,1-3H3,(H2,20,21). The summed E-state index contributed by atoms with van der Waals surface area (Å²) >= 11 is 0. The molecule has 4 rings (SSSR count). The molecule has 3 aromatic rings. The number of anilines is 1. The maximum atomic E-state index is 13.6. The van der Waals surface area contributed by atoms with Crippen molar-refractivity contribution in [1.82, 2.24) is 19.6 Å². The molecule has 0 saturated heterocycles. The Hall–Kier alpha value is -2.74. The third kappa shape index (κ3) is 2.66. The summed E-state index contributed by atoms with van der Waals surface area (Å²) in [7, 11) is 1.60. The molecule has 3 aromatic heterocycles. The maximum absolute atomic E-state index is 13.6. The Balaban J connectivity index is 2.04. The summed E-state index contributed by atoms with van der Waals surface area (Å²) in [5.74, 6) is 0.211. The fourth-order valence-electron chi connectivity index (χ4n) is 3.02. The minimum absolute atomic E-state index is 0.213. The molecule has 0 aromatic carbocycles. The van der Waals surface area contributed by atoms with Gasteiger partial charge in [0.05, 0.1) is 12.8 Å². The molecular weight excluding hydrogens is 337 g/mol. The van der Waals surface area contributed by atoms with E-state index in [1.807, 2.05) is 0 Å². The minimum atomic E-state index is -1.25. The summed E-state index contributed by atoms with van der Waals surface area (Å²) in [6, 6.07) is 4.55. The number of aromatic nitrogens is 4. The Labute approximate surface area is 149 Å². The number of aliphatic hydroxyl groups is 1. The van der Waals surface area contributed by atoms with Crippen molar-refractivity contribution in [3.05, 3.63) is 35.4 Å². The molecule has 1 aliphatic carbocycles. The number of nitrogens with two attached hydrogens (primary N) is 1. The van der Waals surface area contributed by atoms with Crippen LogP contribution >= 0.6 is 0 Å². The molecule has 3 N–H and O–H groups in total. The summed E-state index contributed by atoms with van der Waals surface area (Å²) in [5, 5.41) is 15.3. The molecule has 0 bridgehead atoms. The van der Waals surface area contributed by atoms with Gasteiger partial charge in [-0.2, -0.15) is 5.10 Å². The molecule has 26 heavy (non-hydrogen) atoms. The van der Waals surface area contributed by atoms with Crippen molar-refractivity contribution in [2.75, 3.05) is 12.8 Å². The fraction of sp³-hybridized carbons (Fsp3) is 0.389. The smallest absolute Gasteiger partial charge is 0.165 e. The van der Waals surface area contributed by atoms with E-state index in [0.29, 0.717) is 34.4 Å². The lowest BCUT2D eigenvalue weighted by molar-refractivity contribution is 0.0750. The summed E-state index contributed by atoms with van der Waals surface area (Å²) < 4.78 is 20.7. The Bertz CT molecular complexity index is 1000. The number of hydrogen-bond donors (Lipinski definition) is 2. The molecule has 1 saturated carbocycles. The number of ether oxygens (including phenoxy) is 1. The maximum Gasteiger partial charge on any atom is 0.165 e. The van der Waals surface area contributed by atoms with Gasteiger partial charge in [0.1, 0.15) is 28.4 Å². The van der Waals surface area contributed by atoms with Crippen LogP contribution in [0.25, 0.3) is 17.0 Å². The van der Waals surface area contributed by atoms with E-state index in [2.05, 4.69) is 9.97 Å². The second kappa shape index (κ2) is 5.63. The molecule has 8 heteroatoms. The van der Waals surface area contributed by atoms with Gasteiger partial charge in [-0.1, -0.05) is 0 Å². The van der Waals surface area contributed by atoms with Crippen LogP contribution in [0.3, 0.4) is 0 Å². The zero-order valence-electron chi connectivity index (χ0n) is 14.8. The quantitative estimate of drug-likeness (QED) is 0.745. The molecule has 0 radical (unpaired) electrons. The summed E-state index contributed by atoms with van der Waals surface area (Å²) in [5.41, 5.74) is 7.03. The Morgan fingerprint density at radius 1 is 1.31 bits per heavy atom. The molecule has 1 fully saturated rings. The lowest BCUT2D eigenvalue weighted by atomic mass is 10.0. The lowest BCUT2D eigenvalue weighted by Gasteiger charge is -2.16. The van der Waals surface area contributed by atoms with Crippen LogP contribution in [0.1, 0.15) is 44.0 Å². The van der Waals surface area contributed by atoms with E-state index in [1.165, 1.54) is 12.1 Å². The van der Waals surface area contributed by atoms with Gasteiger partial charge in [0, 0.05) is 12.0 Å².